The molecule has 0 aliphatic carbocycles. The third kappa shape index (κ3) is 3.92. The molecular formula is C15H17N3O3. The Balaban J connectivity index is 2.00. The van der Waals surface area contributed by atoms with Gasteiger partial charge in [-0.2, -0.15) is 5.10 Å². The van der Waals surface area contributed by atoms with E-state index in [2.05, 4.69) is 5.10 Å². The maximum Gasteiger partial charge on any atom is 0.335 e. The van der Waals surface area contributed by atoms with Gasteiger partial charge in [0, 0.05) is 32.4 Å². The van der Waals surface area contributed by atoms with Crippen molar-refractivity contribution in [1.82, 2.24) is 14.7 Å². The van der Waals surface area contributed by atoms with Crippen LogP contribution in [0.25, 0.3) is 0 Å². The number of nitrogens with zero attached hydrogens (tertiary/aromatic N) is 3. The van der Waals surface area contributed by atoms with Crippen LogP contribution in [-0.2, 0) is 24.8 Å². The molecule has 1 aromatic heterocycles. The second-order valence-corrected chi connectivity index (χ2v) is 4.95. The average molecular weight is 287 g/mol. The first kappa shape index (κ1) is 14.8. The van der Waals surface area contributed by atoms with Crippen LogP contribution in [0.4, 0.5) is 0 Å². The van der Waals surface area contributed by atoms with Crippen molar-refractivity contribution >= 4 is 11.9 Å². The number of hydrogen-bond acceptors (Lipinski definition) is 3. The van der Waals surface area contributed by atoms with Crippen molar-refractivity contribution in [2.45, 2.75) is 13.0 Å². The van der Waals surface area contributed by atoms with Crippen molar-refractivity contribution in [1.29, 1.82) is 0 Å². The van der Waals surface area contributed by atoms with Crippen LogP contribution in [0.5, 0.6) is 0 Å². The van der Waals surface area contributed by atoms with Crippen molar-refractivity contribution in [3.8, 4) is 0 Å². The predicted molar refractivity (Wildman–Crippen MR) is 76.8 cm³/mol. The van der Waals surface area contributed by atoms with Crippen molar-refractivity contribution < 1.29 is 14.7 Å². The van der Waals surface area contributed by atoms with E-state index in [1.54, 1.807) is 35.0 Å². The van der Waals surface area contributed by atoms with Crippen LogP contribution < -0.4 is 0 Å². The van der Waals surface area contributed by atoms with Crippen LogP contribution in [0.1, 0.15) is 21.5 Å². The molecule has 6 heteroatoms. The highest BCUT2D eigenvalue weighted by Gasteiger charge is 2.12. The number of carbonyl (C=O) groups excluding carboxylic acids is 1. The standard InChI is InChI=1S/C15H17N3O3/c1-17(9-12-8-16-18(2)10-12)14(19)7-11-4-3-5-13(6-11)15(20)21/h3-6,8,10H,7,9H2,1-2H3,(H,20,21). The molecule has 0 unspecified atom stereocenters. The summed E-state index contributed by atoms with van der Waals surface area (Å²) in [5.41, 5.74) is 1.83. The van der Waals surface area contributed by atoms with Gasteiger partial charge in [0.2, 0.25) is 5.91 Å². The number of aromatic carboxylic acids is 1. The van der Waals surface area contributed by atoms with Crippen LogP contribution >= 0.6 is 0 Å². The third-order valence-electron chi connectivity index (χ3n) is 3.13. The number of carboxylic acids is 1. The molecule has 1 N–H and O–H groups in total. The fourth-order valence-corrected chi connectivity index (χ4v) is 2.04. The van der Waals surface area contributed by atoms with E-state index in [4.69, 9.17) is 5.11 Å². The lowest BCUT2D eigenvalue weighted by atomic mass is 10.1. The molecule has 21 heavy (non-hydrogen) atoms. The molecule has 2 rings (SSSR count). The summed E-state index contributed by atoms with van der Waals surface area (Å²) in [6.45, 7) is 0.477. The molecule has 2 aromatic rings. The van der Waals surface area contributed by atoms with E-state index in [1.807, 2.05) is 13.2 Å². The SMILES string of the molecule is CN(Cc1cnn(C)c1)C(=O)Cc1cccc(C(=O)O)c1. The number of rotatable bonds is 5. The van der Waals surface area contributed by atoms with E-state index < -0.39 is 5.97 Å². The van der Waals surface area contributed by atoms with E-state index in [1.165, 1.54) is 12.1 Å². The van der Waals surface area contributed by atoms with Crippen LogP contribution in [0.3, 0.4) is 0 Å². The van der Waals surface area contributed by atoms with Crippen molar-refractivity contribution in [2.24, 2.45) is 7.05 Å². The molecule has 0 aliphatic heterocycles. The Labute approximate surface area is 122 Å². The third-order valence-corrected chi connectivity index (χ3v) is 3.13. The summed E-state index contributed by atoms with van der Waals surface area (Å²) in [4.78, 5) is 24.7. The molecule has 6 nitrogen and oxygen atoms in total. The zero-order valence-electron chi connectivity index (χ0n) is 12.0. The number of amides is 1. The van der Waals surface area contributed by atoms with Gasteiger partial charge in [0.05, 0.1) is 18.2 Å². The summed E-state index contributed by atoms with van der Waals surface area (Å²) in [7, 11) is 3.54. The Morgan fingerprint density at radius 3 is 2.71 bits per heavy atom. The quantitative estimate of drug-likeness (QED) is 0.900. The van der Waals surface area contributed by atoms with Gasteiger partial charge in [0.15, 0.2) is 0 Å². The van der Waals surface area contributed by atoms with Crippen LogP contribution in [0.2, 0.25) is 0 Å². The smallest absolute Gasteiger partial charge is 0.335 e. The largest absolute Gasteiger partial charge is 0.478 e. The van der Waals surface area contributed by atoms with Crippen molar-refractivity contribution in [3.05, 3.63) is 53.3 Å². The molecule has 0 spiro atoms. The molecule has 110 valence electrons. The lowest BCUT2D eigenvalue weighted by Gasteiger charge is -2.16. The number of aryl methyl sites for hydroxylation is 1. The Hall–Kier alpha value is -2.63. The molecule has 0 saturated heterocycles. The second-order valence-electron chi connectivity index (χ2n) is 4.95. The average Bonchev–Trinajstić information content (AvgIpc) is 2.84. The summed E-state index contributed by atoms with van der Waals surface area (Å²) in [5, 5.41) is 13.0. The Kier molecular flexibility index (Phi) is 4.37. The zero-order chi connectivity index (χ0) is 15.4. The number of carboxylic acid groups (broad SMARTS) is 1. The van der Waals surface area contributed by atoms with Gasteiger partial charge in [-0.1, -0.05) is 12.1 Å². The Morgan fingerprint density at radius 2 is 2.10 bits per heavy atom. The lowest BCUT2D eigenvalue weighted by molar-refractivity contribution is -0.129. The molecule has 1 amide bonds. The van der Waals surface area contributed by atoms with E-state index >= 15 is 0 Å². The van der Waals surface area contributed by atoms with Crippen LogP contribution in [0, 0.1) is 0 Å². The molecule has 0 bridgehead atoms. The van der Waals surface area contributed by atoms with Gasteiger partial charge in [0.1, 0.15) is 0 Å². The summed E-state index contributed by atoms with van der Waals surface area (Å²) in [6.07, 6.45) is 3.75. The number of aromatic nitrogens is 2. The molecule has 1 heterocycles. The van der Waals surface area contributed by atoms with Gasteiger partial charge in [-0.25, -0.2) is 4.79 Å². The molecule has 0 aliphatic rings. The second kappa shape index (κ2) is 6.21. The highest BCUT2D eigenvalue weighted by Crippen LogP contribution is 2.09. The first-order valence-electron chi connectivity index (χ1n) is 6.49. The maximum absolute atomic E-state index is 12.2. The summed E-state index contributed by atoms with van der Waals surface area (Å²) < 4.78 is 1.68. The van der Waals surface area contributed by atoms with E-state index in [0.29, 0.717) is 12.1 Å². The maximum atomic E-state index is 12.2. The van der Waals surface area contributed by atoms with E-state index in [-0.39, 0.29) is 17.9 Å². The summed E-state index contributed by atoms with van der Waals surface area (Å²) in [6, 6.07) is 6.43. The fourth-order valence-electron chi connectivity index (χ4n) is 2.04. The van der Waals surface area contributed by atoms with Gasteiger partial charge < -0.3 is 10.0 Å². The number of likely N-dealkylation sites (N-methyl/N-ethyl adjacent to an activating group) is 1. The van der Waals surface area contributed by atoms with Crippen molar-refractivity contribution in [2.75, 3.05) is 7.05 Å². The summed E-state index contributed by atoms with van der Waals surface area (Å²) >= 11 is 0. The molecule has 1 aromatic carbocycles. The van der Waals surface area contributed by atoms with Gasteiger partial charge in [-0.05, 0) is 17.7 Å². The number of carbonyl (C=O) groups is 2. The molecular weight excluding hydrogens is 270 g/mol. The van der Waals surface area contributed by atoms with Crippen molar-refractivity contribution in [3.63, 3.8) is 0 Å². The molecule has 0 fully saturated rings. The minimum absolute atomic E-state index is 0.0682. The van der Waals surface area contributed by atoms with E-state index in [0.717, 1.165) is 5.56 Å². The van der Waals surface area contributed by atoms with Gasteiger partial charge in [-0.15, -0.1) is 0 Å². The predicted octanol–water partition coefficient (Wildman–Crippen LogP) is 1.32. The van der Waals surface area contributed by atoms with Crippen LogP contribution in [-0.4, -0.2) is 38.7 Å². The highest BCUT2D eigenvalue weighted by atomic mass is 16.4. The van der Waals surface area contributed by atoms with E-state index in [9.17, 15) is 9.59 Å². The fraction of sp³-hybridized carbons (Fsp3) is 0.267. The number of benzene rings is 1. The highest BCUT2D eigenvalue weighted by molar-refractivity contribution is 5.88. The molecule has 0 atom stereocenters. The zero-order valence-corrected chi connectivity index (χ0v) is 12.0. The van der Waals surface area contributed by atoms with Gasteiger partial charge in [0.25, 0.3) is 0 Å². The minimum atomic E-state index is -0.993. The molecule has 0 saturated carbocycles. The number of hydrogen-bond donors (Lipinski definition) is 1. The normalized spacial score (nSPS) is 10.4. The molecule has 0 radical (unpaired) electrons. The lowest BCUT2D eigenvalue weighted by Crippen LogP contribution is -2.27. The monoisotopic (exact) mass is 287 g/mol. The first-order chi connectivity index (χ1) is 9.95. The van der Waals surface area contributed by atoms with Crippen LogP contribution in [0.15, 0.2) is 36.7 Å². The Morgan fingerprint density at radius 1 is 1.33 bits per heavy atom. The minimum Gasteiger partial charge on any atom is -0.478 e. The van der Waals surface area contributed by atoms with Gasteiger partial charge >= 0.3 is 5.97 Å². The first-order valence-corrected chi connectivity index (χ1v) is 6.49. The Bertz CT molecular complexity index is 664. The topological polar surface area (TPSA) is 75.4 Å². The van der Waals surface area contributed by atoms with Gasteiger partial charge in [-0.3, -0.25) is 9.48 Å². The summed E-state index contributed by atoms with van der Waals surface area (Å²) in [5.74, 6) is -1.06.